The summed E-state index contributed by atoms with van der Waals surface area (Å²) in [5.74, 6) is 1.14. The number of nitrogens with zero attached hydrogens (tertiary/aromatic N) is 4. The van der Waals surface area contributed by atoms with E-state index in [2.05, 4.69) is 41.5 Å². The van der Waals surface area contributed by atoms with E-state index in [-0.39, 0.29) is 5.56 Å². The minimum Gasteiger partial charge on any atom is -0.447 e. The maximum atomic E-state index is 13.4. The smallest absolute Gasteiger partial charge is 0.280 e. The Bertz CT molecular complexity index is 1350. The molecule has 2 N–H and O–H groups in total. The Hall–Kier alpha value is -3.11. The number of hydrogen-bond acceptors (Lipinski definition) is 7. The quantitative estimate of drug-likeness (QED) is 0.383. The molecule has 1 atom stereocenters. The molecule has 2 aromatic heterocycles. The van der Waals surface area contributed by atoms with Crippen molar-refractivity contribution >= 4 is 33.4 Å². The number of ether oxygens (including phenoxy) is 1. The highest BCUT2D eigenvalue weighted by atomic mass is 79.9. The van der Waals surface area contributed by atoms with Crippen LogP contribution in [0.25, 0.3) is 16.9 Å². The monoisotopic (exact) mass is 510 g/mol. The summed E-state index contributed by atoms with van der Waals surface area (Å²) in [6, 6.07) is 15.2. The van der Waals surface area contributed by atoms with Gasteiger partial charge < -0.3 is 10.1 Å². The molecular formula is C22H19BrN6O2S. The van der Waals surface area contributed by atoms with Crippen LogP contribution in [0.3, 0.4) is 0 Å². The van der Waals surface area contributed by atoms with Crippen molar-refractivity contribution in [2.75, 3.05) is 11.1 Å². The molecular weight excluding hydrogens is 492 g/mol. The van der Waals surface area contributed by atoms with E-state index in [1.54, 1.807) is 0 Å². The Morgan fingerprint density at radius 3 is 2.78 bits per heavy atom. The lowest BCUT2D eigenvalue weighted by atomic mass is 10.1. The molecule has 32 heavy (non-hydrogen) atoms. The van der Waals surface area contributed by atoms with Gasteiger partial charge in [0.05, 0.1) is 5.69 Å². The van der Waals surface area contributed by atoms with E-state index in [9.17, 15) is 4.79 Å². The van der Waals surface area contributed by atoms with Gasteiger partial charge in [0.25, 0.3) is 5.56 Å². The molecule has 1 aliphatic heterocycles. The highest BCUT2D eigenvalue weighted by Crippen LogP contribution is 2.40. The lowest BCUT2D eigenvalue weighted by Crippen LogP contribution is -2.26. The molecule has 8 nitrogen and oxygen atoms in total. The van der Waals surface area contributed by atoms with E-state index < -0.39 is 6.23 Å². The van der Waals surface area contributed by atoms with E-state index in [1.807, 2.05) is 62.4 Å². The van der Waals surface area contributed by atoms with Crippen molar-refractivity contribution in [1.82, 2.24) is 25.0 Å². The molecule has 0 saturated heterocycles. The summed E-state index contributed by atoms with van der Waals surface area (Å²) in [5.41, 5.74) is 3.81. The summed E-state index contributed by atoms with van der Waals surface area (Å²) in [6.07, 6.45) is -0.763. The fourth-order valence-corrected chi connectivity index (χ4v) is 4.48. The van der Waals surface area contributed by atoms with Gasteiger partial charge in [-0.25, -0.2) is 4.68 Å². The van der Waals surface area contributed by atoms with Crippen LogP contribution >= 0.6 is 27.7 Å². The number of nitrogens with one attached hydrogen (secondary N) is 2. The van der Waals surface area contributed by atoms with Gasteiger partial charge in [-0.05, 0) is 43.0 Å². The van der Waals surface area contributed by atoms with Gasteiger partial charge in [-0.15, -0.1) is 10.2 Å². The number of para-hydroxylation sites is 1. The van der Waals surface area contributed by atoms with E-state index in [1.165, 1.54) is 16.4 Å². The molecule has 4 aromatic rings. The molecule has 0 bridgehead atoms. The third kappa shape index (κ3) is 3.69. The van der Waals surface area contributed by atoms with E-state index in [0.29, 0.717) is 28.0 Å². The zero-order valence-electron chi connectivity index (χ0n) is 17.3. The molecule has 2 aromatic carbocycles. The number of rotatable bonds is 4. The first kappa shape index (κ1) is 20.8. The SMILES string of the molecule is CCSc1nnc2c(n1)OC(c1c(C)[nH]n(-c3ccccc3)c1=O)Nc1ccc(Br)cc1-2. The average Bonchev–Trinajstić information content (AvgIpc) is 3.00. The summed E-state index contributed by atoms with van der Waals surface area (Å²) in [7, 11) is 0. The number of thioether (sulfide) groups is 1. The van der Waals surface area contributed by atoms with Gasteiger partial charge in [0, 0.05) is 21.4 Å². The largest absolute Gasteiger partial charge is 0.447 e. The lowest BCUT2D eigenvalue weighted by molar-refractivity contribution is 0.223. The Kier molecular flexibility index (Phi) is 5.48. The van der Waals surface area contributed by atoms with Crippen LogP contribution in [0.2, 0.25) is 0 Å². The summed E-state index contributed by atoms with van der Waals surface area (Å²) < 4.78 is 8.68. The molecule has 0 fully saturated rings. The second-order valence-electron chi connectivity index (χ2n) is 7.14. The van der Waals surface area contributed by atoms with Gasteiger partial charge >= 0.3 is 0 Å². The molecule has 162 valence electrons. The van der Waals surface area contributed by atoms with Crippen molar-refractivity contribution in [3.63, 3.8) is 0 Å². The van der Waals surface area contributed by atoms with Crippen molar-refractivity contribution < 1.29 is 4.74 Å². The number of aryl methyl sites for hydroxylation is 1. The van der Waals surface area contributed by atoms with Crippen molar-refractivity contribution in [2.45, 2.75) is 25.2 Å². The number of fused-ring (bicyclic) bond motifs is 3. The van der Waals surface area contributed by atoms with E-state index in [0.717, 1.165) is 27.2 Å². The van der Waals surface area contributed by atoms with Crippen LogP contribution < -0.4 is 15.6 Å². The van der Waals surface area contributed by atoms with Crippen LogP contribution in [0.1, 0.15) is 24.4 Å². The highest BCUT2D eigenvalue weighted by Gasteiger charge is 2.30. The molecule has 5 rings (SSSR count). The van der Waals surface area contributed by atoms with Gasteiger partial charge in [-0.1, -0.05) is 52.8 Å². The number of hydrogen-bond donors (Lipinski definition) is 2. The van der Waals surface area contributed by atoms with Gasteiger partial charge in [-0.3, -0.25) is 9.89 Å². The van der Waals surface area contributed by atoms with Gasteiger partial charge in [-0.2, -0.15) is 4.98 Å². The third-order valence-corrected chi connectivity index (χ3v) is 6.27. The van der Waals surface area contributed by atoms with Crippen molar-refractivity contribution in [3.05, 3.63) is 74.6 Å². The Morgan fingerprint density at radius 1 is 1.19 bits per heavy atom. The first-order valence-corrected chi connectivity index (χ1v) is 11.8. The maximum absolute atomic E-state index is 13.4. The zero-order chi connectivity index (χ0) is 22.2. The highest BCUT2D eigenvalue weighted by molar-refractivity contribution is 9.10. The predicted octanol–water partition coefficient (Wildman–Crippen LogP) is 4.70. The zero-order valence-corrected chi connectivity index (χ0v) is 19.7. The molecule has 1 aliphatic rings. The lowest BCUT2D eigenvalue weighted by Gasteiger charge is -2.18. The van der Waals surface area contributed by atoms with E-state index in [4.69, 9.17) is 4.74 Å². The topological polar surface area (TPSA) is 97.7 Å². The normalized spacial score (nSPS) is 14.7. The van der Waals surface area contributed by atoms with Crippen LogP contribution in [0.4, 0.5) is 5.69 Å². The standard InChI is InChI=1S/C22H19BrN6O2S/c1-3-32-22-25-20-18(26-27-22)15-11-13(23)9-10-16(15)24-19(31-20)17-12(2)28-29(21(17)30)14-7-5-4-6-8-14/h4-11,19,24,28H,3H2,1-2H3. The average molecular weight is 511 g/mol. The fraction of sp³-hybridized carbons (Fsp3) is 0.182. The first-order chi connectivity index (χ1) is 15.5. The maximum Gasteiger partial charge on any atom is 0.280 e. The number of aromatic nitrogens is 5. The van der Waals surface area contributed by atoms with Gasteiger partial charge in [0.1, 0.15) is 5.56 Å². The molecule has 0 spiro atoms. The molecule has 0 aliphatic carbocycles. The minimum absolute atomic E-state index is 0.196. The van der Waals surface area contributed by atoms with Crippen molar-refractivity contribution in [2.24, 2.45) is 0 Å². The van der Waals surface area contributed by atoms with Crippen LogP contribution in [-0.4, -0.2) is 30.7 Å². The van der Waals surface area contributed by atoms with Crippen LogP contribution in [0, 0.1) is 6.92 Å². The second kappa shape index (κ2) is 8.44. The number of halogens is 1. The van der Waals surface area contributed by atoms with Crippen molar-refractivity contribution in [1.29, 1.82) is 0 Å². The minimum atomic E-state index is -0.763. The summed E-state index contributed by atoms with van der Waals surface area (Å²) in [6.45, 7) is 3.87. The molecule has 0 saturated carbocycles. The first-order valence-electron chi connectivity index (χ1n) is 10.0. The summed E-state index contributed by atoms with van der Waals surface area (Å²) >= 11 is 5.00. The Labute approximate surface area is 196 Å². The number of anilines is 1. The van der Waals surface area contributed by atoms with E-state index >= 15 is 0 Å². The third-order valence-electron chi connectivity index (χ3n) is 5.06. The van der Waals surface area contributed by atoms with Crippen LogP contribution in [-0.2, 0) is 0 Å². The second-order valence-corrected chi connectivity index (χ2v) is 9.29. The molecule has 10 heteroatoms. The number of H-pyrrole nitrogens is 1. The van der Waals surface area contributed by atoms with Crippen LogP contribution in [0.5, 0.6) is 5.88 Å². The summed E-state index contributed by atoms with van der Waals surface area (Å²) in [5, 5.41) is 15.7. The van der Waals surface area contributed by atoms with Crippen LogP contribution in [0.15, 0.2) is 63.0 Å². The Balaban J connectivity index is 1.66. The molecule has 0 radical (unpaired) electrons. The number of aromatic amines is 1. The number of benzene rings is 2. The fourth-order valence-electron chi connectivity index (χ4n) is 3.62. The summed E-state index contributed by atoms with van der Waals surface area (Å²) in [4.78, 5) is 18.0. The molecule has 3 heterocycles. The van der Waals surface area contributed by atoms with Gasteiger partial charge in [0.2, 0.25) is 17.3 Å². The molecule has 1 unspecified atom stereocenters. The predicted molar refractivity (Wildman–Crippen MR) is 127 cm³/mol. The van der Waals surface area contributed by atoms with Crippen molar-refractivity contribution in [3.8, 4) is 22.8 Å². The Morgan fingerprint density at radius 2 is 2.00 bits per heavy atom. The molecule has 0 amide bonds. The van der Waals surface area contributed by atoms with Gasteiger partial charge in [0.15, 0.2) is 5.69 Å².